The Kier molecular flexibility index (Phi) is 5.63. The van der Waals surface area contributed by atoms with E-state index in [1.165, 1.54) is 0 Å². The van der Waals surface area contributed by atoms with E-state index in [-0.39, 0.29) is 24.4 Å². The minimum atomic E-state index is 0. The number of amides is 1. The van der Waals surface area contributed by atoms with Gasteiger partial charge >= 0.3 is 0 Å². The van der Waals surface area contributed by atoms with E-state index in [0.717, 1.165) is 41.5 Å². The summed E-state index contributed by atoms with van der Waals surface area (Å²) in [6.45, 7) is 3.53. The van der Waals surface area contributed by atoms with Crippen LogP contribution in [0.25, 0.3) is 0 Å². The Labute approximate surface area is 122 Å². The van der Waals surface area contributed by atoms with Crippen LogP contribution in [0.1, 0.15) is 28.8 Å². The van der Waals surface area contributed by atoms with Crippen LogP contribution in [0.4, 0.5) is 0 Å². The lowest BCUT2D eigenvalue weighted by Gasteiger charge is -2.30. The van der Waals surface area contributed by atoms with E-state index >= 15 is 0 Å². The highest BCUT2D eigenvalue weighted by Crippen LogP contribution is 2.18. The Bertz CT molecular complexity index is 411. The number of carbonyl (C=O) groups is 1. The first-order valence-corrected chi connectivity index (χ1v) is 6.67. The number of aryl methyl sites for hydroxylation is 1. The summed E-state index contributed by atoms with van der Waals surface area (Å²) in [5.41, 5.74) is 7.69. The van der Waals surface area contributed by atoms with Crippen molar-refractivity contribution in [3.63, 3.8) is 0 Å². The number of benzene rings is 1. The molecule has 3 nitrogen and oxygen atoms in total. The Morgan fingerprint density at radius 2 is 1.94 bits per heavy atom. The Hall–Kier alpha value is -0.580. The summed E-state index contributed by atoms with van der Waals surface area (Å²) in [7, 11) is 0. The molecule has 0 saturated carbocycles. The van der Waals surface area contributed by atoms with Gasteiger partial charge in [0.05, 0.1) is 0 Å². The molecule has 18 heavy (non-hydrogen) atoms. The fraction of sp³-hybridized carbons (Fsp3) is 0.462. The van der Waals surface area contributed by atoms with E-state index in [1.807, 2.05) is 30.0 Å². The predicted molar refractivity (Wildman–Crippen MR) is 79.2 cm³/mol. The van der Waals surface area contributed by atoms with E-state index in [0.29, 0.717) is 0 Å². The van der Waals surface area contributed by atoms with Crippen LogP contribution in [0.5, 0.6) is 0 Å². The highest BCUT2D eigenvalue weighted by Gasteiger charge is 2.21. The van der Waals surface area contributed by atoms with Crippen LogP contribution in [0.2, 0.25) is 0 Å². The second-order valence-corrected chi connectivity index (χ2v) is 5.56. The van der Waals surface area contributed by atoms with E-state index in [4.69, 9.17) is 5.73 Å². The summed E-state index contributed by atoms with van der Waals surface area (Å²) in [5.74, 6) is 0.112. The third kappa shape index (κ3) is 3.70. The largest absolute Gasteiger partial charge is 0.339 e. The third-order valence-electron chi connectivity index (χ3n) is 3.12. The van der Waals surface area contributed by atoms with Gasteiger partial charge in [-0.15, -0.1) is 12.4 Å². The van der Waals surface area contributed by atoms with Gasteiger partial charge in [-0.05, 0) is 43.5 Å². The Morgan fingerprint density at radius 3 is 2.50 bits per heavy atom. The zero-order valence-electron chi connectivity index (χ0n) is 10.4. The number of carbonyl (C=O) groups excluding carboxylic acids is 1. The zero-order valence-corrected chi connectivity index (χ0v) is 12.8. The van der Waals surface area contributed by atoms with Gasteiger partial charge in [-0.3, -0.25) is 4.79 Å². The lowest BCUT2D eigenvalue weighted by Crippen LogP contribution is -2.42. The molecule has 1 heterocycles. The minimum Gasteiger partial charge on any atom is -0.339 e. The molecule has 2 N–H and O–H groups in total. The number of nitrogens with zero attached hydrogens (tertiary/aromatic N) is 1. The normalized spacial score (nSPS) is 16.3. The fourth-order valence-electron chi connectivity index (χ4n) is 2.14. The molecule has 0 atom stereocenters. The number of rotatable bonds is 1. The fourth-order valence-corrected chi connectivity index (χ4v) is 2.75. The van der Waals surface area contributed by atoms with Crippen molar-refractivity contribution in [2.45, 2.75) is 25.8 Å². The van der Waals surface area contributed by atoms with E-state index in [1.54, 1.807) is 0 Å². The smallest absolute Gasteiger partial charge is 0.253 e. The van der Waals surface area contributed by atoms with Gasteiger partial charge in [0, 0.05) is 29.2 Å². The van der Waals surface area contributed by atoms with Crippen molar-refractivity contribution in [3.8, 4) is 0 Å². The molecule has 1 amide bonds. The molecule has 5 heteroatoms. The van der Waals surface area contributed by atoms with Crippen LogP contribution in [-0.2, 0) is 0 Å². The number of hydrogen-bond donors (Lipinski definition) is 1. The van der Waals surface area contributed by atoms with Crippen LogP contribution in [-0.4, -0.2) is 29.9 Å². The number of halogens is 2. The Balaban J connectivity index is 0.00000162. The van der Waals surface area contributed by atoms with Crippen molar-refractivity contribution in [2.24, 2.45) is 5.73 Å². The number of likely N-dealkylation sites (tertiary alicyclic amines) is 1. The lowest BCUT2D eigenvalue weighted by molar-refractivity contribution is 0.0714. The molecule has 1 saturated heterocycles. The van der Waals surface area contributed by atoms with Crippen LogP contribution < -0.4 is 5.73 Å². The maximum absolute atomic E-state index is 12.3. The lowest BCUT2D eigenvalue weighted by atomic mass is 10.0. The molecule has 0 unspecified atom stereocenters. The molecule has 1 aliphatic rings. The monoisotopic (exact) mass is 332 g/mol. The average Bonchev–Trinajstić information content (AvgIpc) is 2.28. The maximum atomic E-state index is 12.3. The third-order valence-corrected chi connectivity index (χ3v) is 3.57. The first-order chi connectivity index (χ1) is 8.06. The second kappa shape index (κ2) is 6.55. The van der Waals surface area contributed by atoms with Gasteiger partial charge in [-0.25, -0.2) is 0 Å². The van der Waals surface area contributed by atoms with Crippen LogP contribution in [0, 0.1) is 6.92 Å². The van der Waals surface area contributed by atoms with Crippen molar-refractivity contribution in [1.29, 1.82) is 0 Å². The summed E-state index contributed by atoms with van der Waals surface area (Å²) < 4.78 is 0.953. The number of hydrogen-bond acceptors (Lipinski definition) is 2. The van der Waals surface area contributed by atoms with Crippen molar-refractivity contribution in [1.82, 2.24) is 4.90 Å². The molecule has 100 valence electrons. The molecule has 1 aromatic rings. The molecule has 0 bridgehead atoms. The van der Waals surface area contributed by atoms with Gasteiger partial charge in [0.2, 0.25) is 0 Å². The summed E-state index contributed by atoms with van der Waals surface area (Å²) in [6, 6.07) is 6.07. The first-order valence-electron chi connectivity index (χ1n) is 5.88. The van der Waals surface area contributed by atoms with E-state index < -0.39 is 0 Å². The van der Waals surface area contributed by atoms with Crippen molar-refractivity contribution in [3.05, 3.63) is 33.8 Å². The number of piperidine rings is 1. The predicted octanol–water partition coefficient (Wildman–Crippen LogP) is 2.74. The second-order valence-electron chi connectivity index (χ2n) is 4.65. The molecule has 0 aliphatic carbocycles. The van der Waals surface area contributed by atoms with Crippen LogP contribution in [0.3, 0.4) is 0 Å². The zero-order chi connectivity index (χ0) is 12.4. The standard InChI is InChI=1S/C13H17BrN2O.ClH/c1-9-6-10(8-11(14)7-9)13(17)16-4-2-12(15)3-5-16;/h6-8,12H,2-5,15H2,1H3;1H. The van der Waals surface area contributed by atoms with Crippen LogP contribution in [0.15, 0.2) is 22.7 Å². The van der Waals surface area contributed by atoms with Crippen LogP contribution >= 0.6 is 28.3 Å². The van der Waals surface area contributed by atoms with Crippen molar-refractivity contribution in [2.75, 3.05) is 13.1 Å². The van der Waals surface area contributed by atoms with Gasteiger partial charge in [0.15, 0.2) is 0 Å². The minimum absolute atomic E-state index is 0. The van der Waals surface area contributed by atoms with Gasteiger partial charge in [-0.1, -0.05) is 15.9 Å². The topological polar surface area (TPSA) is 46.3 Å². The molecular formula is C13H18BrClN2O. The highest BCUT2D eigenvalue weighted by atomic mass is 79.9. The van der Waals surface area contributed by atoms with Crippen molar-refractivity contribution < 1.29 is 4.79 Å². The van der Waals surface area contributed by atoms with Gasteiger partial charge < -0.3 is 10.6 Å². The van der Waals surface area contributed by atoms with Crippen molar-refractivity contribution >= 4 is 34.2 Å². The maximum Gasteiger partial charge on any atom is 0.253 e. The summed E-state index contributed by atoms with van der Waals surface area (Å²) >= 11 is 3.42. The highest BCUT2D eigenvalue weighted by molar-refractivity contribution is 9.10. The summed E-state index contributed by atoms with van der Waals surface area (Å²) in [6.07, 6.45) is 1.80. The molecule has 0 spiro atoms. The Morgan fingerprint density at radius 1 is 1.33 bits per heavy atom. The molecular weight excluding hydrogens is 316 g/mol. The molecule has 1 fully saturated rings. The average molecular weight is 334 g/mol. The molecule has 1 aromatic carbocycles. The molecule has 2 rings (SSSR count). The molecule has 1 aliphatic heterocycles. The first kappa shape index (κ1) is 15.5. The number of nitrogens with two attached hydrogens (primary N) is 1. The summed E-state index contributed by atoms with van der Waals surface area (Å²) in [4.78, 5) is 14.2. The SMILES string of the molecule is Cc1cc(Br)cc(C(=O)N2CCC(N)CC2)c1.Cl. The van der Waals surface area contributed by atoms with E-state index in [9.17, 15) is 4.79 Å². The van der Waals surface area contributed by atoms with Gasteiger partial charge in [0.1, 0.15) is 0 Å². The molecule has 0 radical (unpaired) electrons. The quantitative estimate of drug-likeness (QED) is 0.859. The summed E-state index contributed by atoms with van der Waals surface area (Å²) in [5, 5.41) is 0. The van der Waals surface area contributed by atoms with Gasteiger partial charge in [0.25, 0.3) is 5.91 Å². The molecule has 0 aromatic heterocycles. The van der Waals surface area contributed by atoms with E-state index in [2.05, 4.69) is 15.9 Å². The van der Waals surface area contributed by atoms with Gasteiger partial charge in [-0.2, -0.15) is 0 Å².